The Balaban J connectivity index is 2.22. The predicted molar refractivity (Wildman–Crippen MR) is 81.4 cm³/mol. The summed E-state index contributed by atoms with van der Waals surface area (Å²) in [5, 5.41) is 20.0. The van der Waals surface area contributed by atoms with Crippen LogP contribution >= 0.6 is 0 Å². The molecular weight excluding hydrogens is 284 g/mol. The standard InChI is InChI=1S/C16H16N2O4/c19-10-9-17(12-13-5-2-1-3-6-13)16(20)14-7-4-8-15(11-14)18(21)22/h1-8,11,19H,9-10,12H2. The fourth-order valence-electron chi connectivity index (χ4n) is 2.11. The lowest BCUT2D eigenvalue weighted by Gasteiger charge is -2.22. The van der Waals surface area contributed by atoms with E-state index in [1.807, 2.05) is 30.3 Å². The molecule has 2 aromatic carbocycles. The number of aliphatic hydroxyl groups excluding tert-OH is 1. The Labute approximate surface area is 127 Å². The van der Waals surface area contributed by atoms with Crippen molar-refractivity contribution >= 4 is 11.6 Å². The van der Waals surface area contributed by atoms with Crippen molar-refractivity contribution in [1.82, 2.24) is 4.90 Å². The van der Waals surface area contributed by atoms with Gasteiger partial charge in [-0.25, -0.2) is 0 Å². The van der Waals surface area contributed by atoms with Crippen LogP contribution in [0.2, 0.25) is 0 Å². The minimum absolute atomic E-state index is 0.130. The Kier molecular flexibility index (Phi) is 5.21. The molecule has 6 heteroatoms. The monoisotopic (exact) mass is 300 g/mol. The topological polar surface area (TPSA) is 83.7 Å². The molecule has 1 amide bonds. The van der Waals surface area contributed by atoms with Gasteiger partial charge in [-0.05, 0) is 11.6 Å². The first-order chi connectivity index (χ1) is 10.6. The molecule has 0 saturated carbocycles. The van der Waals surface area contributed by atoms with Gasteiger partial charge in [0.1, 0.15) is 0 Å². The number of benzene rings is 2. The Morgan fingerprint density at radius 2 is 1.86 bits per heavy atom. The Morgan fingerprint density at radius 3 is 2.50 bits per heavy atom. The molecule has 0 fully saturated rings. The second-order valence-electron chi connectivity index (χ2n) is 4.74. The Hall–Kier alpha value is -2.73. The number of hydrogen-bond donors (Lipinski definition) is 1. The molecule has 2 aromatic rings. The minimum Gasteiger partial charge on any atom is -0.395 e. The van der Waals surface area contributed by atoms with Crippen LogP contribution in [0.15, 0.2) is 54.6 Å². The number of nitro groups is 1. The number of hydrogen-bond acceptors (Lipinski definition) is 4. The van der Waals surface area contributed by atoms with Gasteiger partial charge in [-0.2, -0.15) is 0 Å². The van der Waals surface area contributed by atoms with Crippen molar-refractivity contribution in [2.45, 2.75) is 6.54 Å². The van der Waals surface area contributed by atoms with Crippen molar-refractivity contribution in [3.63, 3.8) is 0 Å². The molecule has 0 aromatic heterocycles. The second-order valence-corrected chi connectivity index (χ2v) is 4.74. The van der Waals surface area contributed by atoms with E-state index in [0.29, 0.717) is 6.54 Å². The quantitative estimate of drug-likeness (QED) is 0.655. The van der Waals surface area contributed by atoms with E-state index >= 15 is 0 Å². The summed E-state index contributed by atoms with van der Waals surface area (Å²) in [5.74, 6) is -0.346. The Bertz CT molecular complexity index is 658. The van der Waals surface area contributed by atoms with Gasteiger partial charge in [0.05, 0.1) is 11.5 Å². The van der Waals surface area contributed by atoms with Gasteiger partial charge in [-0.3, -0.25) is 14.9 Å². The maximum atomic E-state index is 12.5. The highest BCUT2D eigenvalue weighted by Gasteiger charge is 2.18. The Morgan fingerprint density at radius 1 is 1.14 bits per heavy atom. The molecule has 0 aliphatic heterocycles. The van der Waals surface area contributed by atoms with Crippen molar-refractivity contribution < 1.29 is 14.8 Å². The molecule has 6 nitrogen and oxygen atoms in total. The lowest BCUT2D eigenvalue weighted by atomic mass is 10.1. The van der Waals surface area contributed by atoms with Gasteiger partial charge < -0.3 is 10.0 Å². The van der Waals surface area contributed by atoms with E-state index < -0.39 is 4.92 Å². The number of non-ortho nitro benzene ring substituents is 1. The number of carbonyl (C=O) groups is 1. The van der Waals surface area contributed by atoms with Crippen LogP contribution in [0.1, 0.15) is 15.9 Å². The number of amides is 1. The first-order valence-electron chi connectivity index (χ1n) is 6.80. The van der Waals surface area contributed by atoms with E-state index in [2.05, 4.69) is 0 Å². The molecule has 0 atom stereocenters. The molecule has 2 rings (SSSR count). The number of aliphatic hydroxyl groups is 1. The van der Waals surface area contributed by atoms with Crippen molar-refractivity contribution in [2.75, 3.05) is 13.2 Å². The summed E-state index contributed by atoms with van der Waals surface area (Å²) < 4.78 is 0. The molecule has 0 saturated heterocycles. The van der Waals surface area contributed by atoms with Crippen LogP contribution in [0, 0.1) is 10.1 Å². The summed E-state index contributed by atoms with van der Waals surface area (Å²) in [6.45, 7) is 0.326. The molecule has 114 valence electrons. The molecule has 1 N–H and O–H groups in total. The minimum atomic E-state index is -0.537. The van der Waals surface area contributed by atoms with Crippen LogP contribution in [-0.4, -0.2) is 34.0 Å². The SMILES string of the molecule is O=C(c1cccc([N+](=O)[O-])c1)N(CCO)Cc1ccccc1. The summed E-state index contributed by atoms with van der Waals surface area (Å²) in [6, 6.07) is 15.0. The van der Waals surface area contributed by atoms with E-state index in [1.165, 1.54) is 29.2 Å². The molecule has 0 bridgehead atoms. The highest BCUT2D eigenvalue weighted by molar-refractivity contribution is 5.94. The molecule has 0 radical (unpaired) electrons. The van der Waals surface area contributed by atoms with Gasteiger partial charge in [-0.15, -0.1) is 0 Å². The molecule has 0 aliphatic carbocycles. The highest BCUT2D eigenvalue weighted by atomic mass is 16.6. The third kappa shape index (κ3) is 3.89. The first-order valence-corrected chi connectivity index (χ1v) is 6.80. The maximum Gasteiger partial charge on any atom is 0.270 e. The van der Waals surface area contributed by atoms with Gasteiger partial charge in [0, 0.05) is 30.8 Å². The number of nitro benzene ring substituents is 1. The van der Waals surface area contributed by atoms with Gasteiger partial charge >= 0.3 is 0 Å². The number of rotatable bonds is 6. The van der Waals surface area contributed by atoms with Crippen LogP contribution in [-0.2, 0) is 6.54 Å². The summed E-state index contributed by atoms with van der Waals surface area (Å²) in [7, 11) is 0. The third-order valence-electron chi connectivity index (χ3n) is 3.18. The van der Waals surface area contributed by atoms with E-state index in [9.17, 15) is 14.9 Å². The second kappa shape index (κ2) is 7.33. The smallest absolute Gasteiger partial charge is 0.270 e. The van der Waals surface area contributed by atoms with Crippen LogP contribution in [0.5, 0.6) is 0 Å². The molecule has 0 aliphatic rings. The van der Waals surface area contributed by atoms with E-state index in [1.54, 1.807) is 0 Å². The van der Waals surface area contributed by atoms with Crippen LogP contribution in [0.25, 0.3) is 0 Å². The zero-order valence-electron chi connectivity index (χ0n) is 11.9. The van der Waals surface area contributed by atoms with Crippen LogP contribution < -0.4 is 0 Å². The van der Waals surface area contributed by atoms with Crippen LogP contribution in [0.4, 0.5) is 5.69 Å². The van der Waals surface area contributed by atoms with Crippen molar-refractivity contribution in [3.05, 3.63) is 75.8 Å². The van der Waals surface area contributed by atoms with E-state index in [4.69, 9.17) is 5.11 Å². The van der Waals surface area contributed by atoms with E-state index in [-0.39, 0.29) is 30.3 Å². The fourth-order valence-corrected chi connectivity index (χ4v) is 2.11. The molecule has 0 unspecified atom stereocenters. The van der Waals surface area contributed by atoms with Crippen molar-refractivity contribution in [2.24, 2.45) is 0 Å². The summed E-state index contributed by atoms with van der Waals surface area (Å²) in [6.07, 6.45) is 0. The largest absolute Gasteiger partial charge is 0.395 e. The highest BCUT2D eigenvalue weighted by Crippen LogP contribution is 2.16. The zero-order valence-corrected chi connectivity index (χ0v) is 11.9. The summed E-state index contributed by atoms with van der Waals surface area (Å²) >= 11 is 0. The lowest BCUT2D eigenvalue weighted by molar-refractivity contribution is -0.384. The average Bonchev–Trinajstić information content (AvgIpc) is 2.55. The first kappa shape index (κ1) is 15.7. The third-order valence-corrected chi connectivity index (χ3v) is 3.18. The van der Waals surface area contributed by atoms with Gasteiger partial charge in [-0.1, -0.05) is 36.4 Å². The molecular formula is C16H16N2O4. The van der Waals surface area contributed by atoms with Gasteiger partial charge in [0.15, 0.2) is 0 Å². The molecule has 0 spiro atoms. The van der Waals surface area contributed by atoms with Crippen molar-refractivity contribution in [1.29, 1.82) is 0 Å². The number of nitrogens with zero attached hydrogens (tertiary/aromatic N) is 2. The normalized spacial score (nSPS) is 10.2. The average molecular weight is 300 g/mol. The van der Waals surface area contributed by atoms with Crippen LogP contribution in [0.3, 0.4) is 0 Å². The summed E-state index contributed by atoms with van der Waals surface area (Å²) in [5.41, 5.74) is 1.03. The van der Waals surface area contributed by atoms with Gasteiger partial charge in [0.25, 0.3) is 11.6 Å². The fraction of sp³-hybridized carbons (Fsp3) is 0.188. The van der Waals surface area contributed by atoms with Gasteiger partial charge in [0.2, 0.25) is 0 Å². The maximum absolute atomic E-state index is 12.5. The molecule has 0 heterocycles. The predicted octanol–water partition coefficient (Wildman–Crippen LogP) is 2.23. The van der Waals surface area contributed by atoms with E-state index in [0.717, 1.165) is 5.56 Å². The summed E-state index contributed by atoms with van der Waals surface area (Å²) in [4.78, 5) is 24.2. The lowest BCUT2D eigenvalue weighted by Crippen LogP contribution is -2.33. The molecule has 22 heavy (non-hydrogen) atoms. The number of carbonyl (C=O) groups excluding carboxylic acids is 1. The zero-order chi connectivity index (χ0) is 15.9. The van der Waals surface area contributed by atoms with Crippen molar-refractivity contribution in [3.8, 4) is 0 Å².